The average Bonchev–Trinajstić information content (AvgIpc) is 2.69. The SMILES string of the molecule is Cc1ccc(NC(=O)c2cc(Br)sc2Br)cc1C(F)(F)F. The third-order valence-electron chi connectivity index (χ3n) is 2.70. The third kappa shape index (κ3) is 3.87. The molecule has 1 N–H and O–H groups in total. The summed E-state index contributed by atoms with van der Waals surface area (Å²) in [6.07, 6.45) is -4.45. The van der Waals surface area contributed by atoms with Crippen molar-refractivity contribution in [3.05, 3.63) is 48.5 Å². The predicted molar refractivity (Wildman–Crippen MR) is 83.9 cm³/mol. The number of amides is 1. The van der Waals surface area contributed by atoms with Crippen LogP contribution in [0.5, 0.6) is 0 Å². The maximum atomic E-state index is 12.8. The molecule has 0 aliphatic rings. The van der Waals surface area contributed by atoms with E-state index in [0.717, 1.165) is 9.85 Å². The lowest BCUT2D eigenvalue weighted by Crippen LogP contribution is -2.13. The van der Waals surface area contributed by atoms with Gasteiger partial charge in [-0.2, -0.15) is 13.2 Å². The monoisotopic (exact) mass is 441 g/mol. The highest BCUT2D eigenvalue weighted by Gasteiger charge is 2.32. The first-order valence-electron chi connectivity index (χ1n) is 5.62. The van der Waals surface area contributed by atoms with Crippen LogP contribution in [0.4, 0.5) is 18.9 Å². The summed E-state index contributed by atoms with van der Waals surface area (Å²) in [5.74, 6) is -0.471. The van der Waals surface area contributed by atoms with Gasteiger partial charge >= 0.3 is 6.18 Å². The van der Waals surface area contributed by atoms with Crippen molar-refractivity contribution < 1.29 is 18.0 Å². The minimum atomic E-state index is -4.45. The minimum Gasteiger partial charge on any atom is -0.322 e. The molecule has 0 unspecified atom stereocenters. The first kappa shape index (κ1) is 16.5. The fourth-order valence-corrected chi connectivity index (χ4v) is 4.49. The molecule has 1 amide bonds. The standard InChI is InChI=1S/C13H8Br2F3NOS/c1-6-2-3-7(4-9(6)13(16,17)18)19-12(20)8-5-10(14)21-11(8)15/h2-5H,1H3,(H,19,20). The summed E-state index contributed by atoms with van der Waals surface area (Å²) in [4.78, 5) is 12.1. The van der Waals surface area contributed by atoms with Gasteiger partial charge in [0.25, 0.3) is 5.91 Å². The first-order chi connectivity index (χ1) is 9.68. The molecule has 0 spiro atoms. The fourth-order valence-electron chi connectivity index (χ4n) is 1.70. The number of halogens is 5. The summed E-state index contributed by atoms with van der Waals surface area (Å²) in [5, 5.41) is 2.47. The van der Waals surface area contributed by atoms with Crippen LogP contribution < -0.4 is 5.32 Å². The van der Waals surface area contributed by atoms with Gasteiger partial charge in [0.05, 0.1) is 18.7 Å². The van der Waals surface area contributed by atoms with Crippen molar-refractivity contribution >= 4 is 54.8 Å². The molecule has 0 atom stereocenters. The quantitative estimate of drug-likeness (QED) is 0.620. The van der Waals surface area contributed by atoms with Gasteiger partial charge in [0.15, 0.2) is 0 Å². The van der Waals surface area contributed by atoms with E-state index in [4.69, 9.17) is 0 Å². The van der Waals surface area contributed by atoms with Crippen LogP contribution in [-0.4, -0.2) is 5.91 Å². The van der Waals surface area contributed by atoms with Crippen molar-refractivity contribution in [2.45, 2.75) is 13.1 Å². The van der Waals surface area contributed by atoms with E-state index in [2.05, 4.69) is 37.2 Å². The van der Waals surface area contributed by atoms with E-state index in [1.807, 2.05) is 0 Å². The van der Waals surface area contributed by atoms with E-state index < -0.39 is 17.6 Å². The molecule has 0 bridgehead atoms. The van der Waals surface area contributed by atoms with Crippen LogP contribution >= 0.6 is 43.2 Å². The van der Waals surface area contributed by atoms with Gasteiger partial charge < -0.3 is 5.32 Å². The number of nitrogens with one attached hydrogen (secondary N) is 1. The normalized spacial score (nSPS) is 11.5. The summed E-state index contributed by atoms with van der Waals surface area (Å²) in [7, 11) is 0. The molecule has 0 saturated heterocycles. The summed E-state index contributed by atoms with van der Waals surface area (Å²) in [6, 6.07) is 5.31. The Kier molecular flexibility index (Phi) is 4.79. The largest absolute Gasteiger partial charge is 0.416 e. The number of thiophene rings is 1. The highest BCUT2D eigenvalue weighted by Crippen LogP contribution is 2.35. The molecule has 0 aliphatic carbocycles. The van der Waals surface area contributed by atoms with Gasteiger partial charge in [-0.05, 0) is 62.5 Å². The summed E-state index contributed by atoms with van der Waals surface area (Å²) in [6.45, 7) is 1.38. The van der Waals surface area contributed by atoms with Crippen molar-refractivity contribution in [2.75, 3.05) is 5.32 Å². The number of aryl methyl sites for hydroxylation is 1. The molecule has 0 aliphatic heterocycles. The average molecular weight is 443 g/mol. The Labute approximate surface area is 139 Å². The molecule has 0 fully saturated rings. The van der Waals surface area contributed by atoms with Crippen molar-refractivity contribution in [1.29, 1.82) is 0 Å². The molecule has 8 heteroatoms. The van der Waals surface area contributed by atoms with Crippen molar-refractivity contribution in [3.8, 4) is 0 Å². The lowest BCUT2D eigenvalue weighted by molar-refractivity contribution is -0.138. The van der Waals surface area contributed by atoms with Crippen LogP contribution in [-0.2, 0) is 6.18 Å². The third-order valence-corrected chi connectivity index (χ3v) is 5.04. The van der Waals surface area contributed by atoms with Crippen LogP contribution in [0.2, 0.25) is 0 Å². The Morgan fingerprint density at radius 2 is 1.90 bits per heavy atom. The molecule has 0 radical (unpaired) electrons. The van der Waals surface area contributed by atoms with Gasteiger partial charge in [-0.1, -0.05) is 6.07 Å². The zero-order valence-electron chi connectivity index (χ0n) is 10.5. The second kappa shape index (κ2) is 6.10. The maximum Gasteiger partial charge on any atom is 0.416 e. The number of carbonyl (C=O) groups excluding carboxylic acids is 1. The molecule has 21 heavy (non-hydrogen) atoms. The number of rotatable bonds is 2. The molecular formula is C13H8Br2F3NOS. The van der Waals surface area contributed by atoms with Crippen molar-refractivity contribution in [1.82, 2.24) is 0 Å². The molecule has 0 saturated carbocycles. The second-order valence-electron chi connectivity index (χ2n) is 4.22. The van der Waals surface area contributed by atoms with Crippen LogP contribution in [0.1, 0.15) is 21.5 Å². The van der Waals surface area contributed by atoms with Crippen LogP contribution in [0, 0.1) is 6.92 Å². The second-order valence-corrected chi connectivity index (χ2v) is 7.97. The van der Waals surface area contributed by atoms with E-state index in [1.54, 1.807) is 6.07 Å². The summed E-state index contributed by atoms with van der Waals surface area (Å²) in [5.41, 5.74) is -0.182. The van der Waals surface area contributed by atoms with E-state index in [0.29, 0.717) is 9.35 Å². The topological polar surface area (TPSA) is 29.1 Å². The van der Waals surface area contributed by atoms with E-state index in [1.165, 1.54) is 30.4 Å². The molecule has 2 nitrogen and oxygen atoms in total. The molecular weight excluding hydrogens is 435 g/mol. The molecule has 1 aromatic heterocycles. The Morgan fingerprint density at radius 3 is 2.43 bits per heavy atom. The lowest BCUT2D eigenvalue weighted by atomic mass is 10.1. The number of carbonyl (C=O) groups is 1. The molecule has 2 aromatic rings. The summed E-state index contributed by atoms with van der Waals surface area (Å²) >= 11 is 7.79. The van der Waals surface area contributed by atoms with Gasteiger partial charge in [-0.15, -0.1) is 11.3 Å². The van der Waals surface area contributed by atoms with E-state index >= 15 is 0 Å². The molecule has 2 rings (SSSR count). The zero-order valence-corrected chi connectivity index (χ0v) is 14.5. The zero-order chi connectivity index (χ0) is 15.8. The number of benzene rings is 1. The highest BCUT2D eigenvalue weighted by atomic mass is 79.9. The molecule has 112 valence electrons. The van der Waals surface area contributed by atoms with E-state index in [9.17, 15) is 18.0 Å². The van der Waals surface area contributed by atoms with Crippen molar-refractivity contribution in [3.63, 3.8) is 0 Å². The first-order valence-corrected chi connectivity index (χ1v) is 8.03. The van der Waals surface area contributed by atoms with Gasteiger partial charge in [0.2, 0.25) is 0 Å². The maximum absolute atomic E-state index is 12.8. The number of hydrogen-bond donors (Lipinski definition) is 1. The number of anilines is 1. The van der Waals surface area contributed by atoms with Gasteiger partial charge in [0, 0.05) is 5.69 Å². The smallest absolute Gasteiger partial charge is 0.322 e. The Balaban J connectivity index is 2.28. The fraction of sp³-hybridized carbons (Fsp3) is 0.154. The summed E-state index contributed by atoms with van der Waals surface area (Å²) < 4.78 is 39.9. The molecule has 1 heterocycles. The van der Waals surface area contributed by atoms with Crippen LogP contribution in [0.25, 0.3) is 0 Å². The van der Waals surface area contributed by atoms with Gasteiger partial charge in [-0.25, -0.2) is 0 Å². The van der Waals surface area contributed by atoms with Gasteiger partial charge in [0.1, 0.15) is 0 Å². The van der Waals surface area contributed by atoms with Crippen molar-refractivity contribution in [2.24, 2.45) is 0 Å². The Morgan fingerprint density at radius 1 is 1.24 bits per heavy atom. The highest BCUT2D eigenvalue weighted by molar-refractivity contribution is 9.12. The predicted octanol–water partition coefficient (Wildman–Crippen LogP) is 5.85. The lowest BCUT2D eigenvalue weighted by Gasteiger charge is -2.12. The Bertz CT molecular complexity index is 697. The van der Waals surface area contributed by atoms with Gasteiger partial charge in [-0.3, -0.25) is 4.79 Å². The van der Waals surface area contributed by atoms with Crippen LogP contribution in [0.15, 0.2) is 31.8 Å². The minimum absolute atomic E-state index is 0.104. The number of hydrogen-bond acceptors (Lipinski definition) is 2. The molecule has 1 aromatic carbocycles. The number of alkyl halides is 3. The van der Waals surface area contributed by atoms with E-state index in [-0.39, 0.29) is 11.3 Å². The Hall–Kier alpha value is -0.860. The van der Waals surface area contributed by atoms with Crippen LogP contribution in [0.3, 0.4) is 0 Å².